The molecule has 20 heavy (non-hydrogen) atoms. The van der Waals surface area contributed by atoms with Crippen LogP contribution in [0.25, 0.3) is 0 Å². The van der Waals surface area contributed by atoms with Crippen LogP contribution >= 0.6 is 0 Å². The Kier molecular flexibility index (Phi) is 9.06. The molecule has 0 radical (unpaired) electrons. The summed E-state index contributed by atoms with van der Waals surface area (Å²) < 4.78 is 0. The van der Waals surface area contributed by atoms with Crippen molar-refractivity contribution in [2.45, 2.75) is 84.8 Å². The molecule has 0 aliphatic carbocycles. The first-order valence-corrected chi connectivity index (χ1v) is 7.98. The number of unbranched alkanes of at least 4 members (excludes halogenated alkanes) is 1. The molecule has 0 amide bonds. The van der Waals surface area contributed by atoms with Crippen molar-refractivity contribution < 1.29 is 9.90 Å². The molecule has 0 heterocycles. The maximum atomic E-state index is 11.4. The highest BCUT2D eigenvalue weighted by molar-refractivity contribution is 5.78. The fourth-order valence-electron chi connectivity index (χ4n) is 2.59. The number of nitrogens with zero attached hydrogens (tertiary/aromatic N) is 1. The van der Waals surface area contributed by atoms with Crippen LogP contribution in [0.15, 0.2) is 0 Å². The SMILES string of the molecule is CCCN(CCCCC(C)(NC(C)C)C(=O)O)C(C)C. The summed E-state index contributed by atoms with van der Waals surface area (Å²) in [4.78, 5) is 13.9. The first-order valence-electron chi connectivity index (χ1n) is 7.98. The molecule has 0 saturated heterocycles. The van der Waals surface area contributed by atoms with Crippen LogP contribution in [-0.4, -0.2) is 46.7 Å². The zero-order valence-corrected chi connectivity index (χ0v) is 14.2. The Bertz CT molecular complexity index is 280. The largest absolute Gasteiger partial charge is 0.480 e. The molecule has 0 saturated carbocycles. The lowest BCUT2D eigenvalue weighted by Gasteiger charge is -2.30. The molecule has 2 N–H and O–H groups in total. The highest BCUT2D eigenvalue weighted by atomic mass is 16.4. The number of rotatable bonds is 11. The van der Waals surface area contributed by atoms with Gasteiger partial charge in [-0.25, -0.2) is 0 Å². The zero-order chi connectivity index (χ0) is 15.8. The quantitative estimate of drug-likeness (QED) is 0.573. The Labute approximate surface area is 124 Å². The number of aliphatic carboxylic acids is 1. The molecule has 120 valence electrons. The van der Waals surface area contributed by atoms with Gasteiger partial charge in [-0.15, -0.1) is 0 Å². The summed E-state index contributed by atoms with van der Waals surface area (Å²) in [5.41, 5.74) is -0.804. The van der Waals surface area contributed by atoms with Crippen LogP contribution in [0, 0.1) is 0 Å². The Morgan fingerprint density at radius 2 is 1.80 bits per heavy atom. The predicted octanol–water partition coefficient (Wildman–Crippen LogP) is 3.12. The van der Waals surface area contributed by atoms with Crippen LogP contribution in [0.5, 0.6) is 0 Å². The van der Waals surface area contributed by atoms with E-state index in [-0.39, 0.29) is 6.04 Å². The Morgan fingerprint density at radius 1 is 1.20 bits per heavy atom. The van der Waals surface area contributed by atoms with Gasteiger partial charge < -0.3 is 10.0 Å². The average Bonchev–Trinajstić information content (AvgIpc) is 2.31. The van der Waals surface area contributed by atoms with Crippen LogP contribution in [0.1, 0.15) is 67.2 Å². The van der Waals surface area contributed by atoms with Gasteiger partial charge in [0.15, 0.2) is 0 Å². The molecule has 0 aromatic heterocycles. The minimum Gasteiger partial charge on any atom is -0.480 e. The maximum Gasteiger partial charge on any atom is 0.323 e. The van der Waals surface area contributed by atoms with Gasteiger partial charge in [0.25, 0.3) is 0 Å². The Morgan fingerprint density at radius 3 is 2.20 bits per heavy atom. The highest BCUT2D eigenvalue weighted by Gasteiger charge is 2.32. The smallest absolute Gasteiger partial charge is 0.323 e. The second-order valence-corrected chi connectivity index (χ2v) is 6.52. The van der Waals surface area contributed by atoms with E-state index >= 15 is 0 Å². The van der Waals surface area contributed by atoms with Gasteiger partial charge >= 0.3 is 5.97 Å². The molecule has 4 nitrogen and oxygen atoms in total. The van der Waals surface area contributed by atoms with Crippen molar-refractivity contribution in [3.63, 3.8) is 0 Å². The number of carboxylic acids is 1. The fraction of sp³-hybridized carbons (Fsp3) is 0.938. The summed E-state index contributed by atoms with van der Waals surface area (Å²) in [6.07, 6.45) is 3.84. The van der Waals surface area contributed by atoms with Crippen LogP contribution in [0.4, 0.5) is 0 Å². The van der Waals surface area contributed by atoms with Crippen molar-refractivity contribution in [3.05, 3.63) is 0 Å². The third-order valence-electron chi connectivity index (χ3n) is 3.69. The monoisotopic (exact) mass is 286 g/mol. The molecule has 0 aliphatic heterocycles. The minimum absolute atomic E-state index is 0.184. The third kappa shape index (κ3) is 7.25. The lowest BCUT2D eigenvalue weighted by atomic mass is 9.94. The van der Waals surface area contributed by atoms with E-state index in [1.165, 1.54) is 6.42 Å². The summed E-state index contributed by atoms with van der Waals surface area (Å²) in [6, 6.07) is 0.748. The van der Waals surface area contributed by atoms with Gasteiger partial charge in [0.1, 0.15) is 5.54 Å². The third-order valence-corrected chi connectivity index (χ3v) is 3.69. The van der Waals surface area contributed by atoms with Gasteiger partial charge in [0.2, 0.25) is 0 Å². The molecule has 0 fully saturated rings. The van der Waals surface area contributed by atoms with Crippen LogP contribution in [0.2, 0.25) is 0 Å². The average molecular weight is 286 g/mol. The zero-order valence-electron chi connectivity index (χ0n) is 14.2. The van der Waals surface area contributed by atoms with Gasteiger partial charge in [0, 0.05) is 12.1 Å². The summed E-state index contributed by atoms with van der Waals surface area (Å²) in [5, 5.41) is 12.6. The van der Waals surface area contributed by atoms with E-state index < -0.39 is 11.5 Å². The van der Waals surface area contributed by atoms with Gasteiger partial charge in [-0.05, 0) is 73.4 Å². The summed E-state index contributed by atoms with van der Waals surface area (Å²) in [5.74, 6) is -0.750. The number of nitrogens with one attached hydrogen (secondary N) is 1. The van der Waals surface area contributed by atoms with E-state index in [0.717, 1.165) is 25.9 Å². The lowest BCUT2D eigenvalue weighted by Crippen LogP contribution is -2.52. The molecule has 4 heteroatoms. The molecule has 1 unspecified atom stereocenters. The molecule has 0 bridgehead atoms. The Balaban J connectivity index is 4.21. The van der Waals surface area contributed by atoms with Gasteiger partial charge in [-0.2, -0.15) is 0 Å². The molecule has 0 spiro atoms. The minimum atomic E-state index is -0.804. The fourth-order valence-corrected chi connectivity index (χ4v) is 2.59. The first kappa shape index (κ1) is 19.4. The summed E-state index contributed by atoms with van der Waals surface area (Å²) in [6.45, 7) is 14.6. The molecule has 0 aliphatic rings. The second-order valence-electron chi connectivity index (χ2n) is 6.52. The molecule has 1 atom stereocenters. The van der Waals surface area contributed by atoms with Gasteiger partial charge in [-0.1, -0.05) is 6.92 Å². The first-order chi connectivity index (χ1) is 9.23. The van der Waals surface area contributed by atoms with E-state index in [1.54, 1.807) is 6.92 Å². The molecule has 0 aromatic rings. The van der Waals surface area contributed by atoms with Crippen molar-refractivity contribution in [2.24, 2.45) is 0 Å². The highest BCUT2D eigenvalue weighted by Crippen LogP contribution is 2.16. The van der Waals surface area contributed by atoms with Gasteiger partial charge in [0.05, 0.1) is 0 Å². The van der Waals surface area contributed by atoms with Crippen molar-refractivity contribution in [2.75, 3.05) is 13.1 Å². The molecular weight excluding hydrogens is 252 g/mol. The lowest BCUT2D eigenvalue weighted by molar-refractivity contribution is -0.144. The normalized spacial score (nSPS) is 15.1. The van der Waals surface area contributed by atoms with Crippen molar-refractivity contribution in [1.29, 1.82) is 0 Å². The number of hydrogen-bond acceptors (Lipinski definition) is 3. The molecule has 0 aromatic carbocycles. The summed E-state index contributed by atoms with van der Waals surface area (Å²) in [7, 11) is 0. The van der Waals surface area contributed by atoms with Crippen molar-refractivity contribution in [1.82, 2.24) is 10.2 Å². The van der Waals surface area contributed by atoms with E-state index in [9.17, 15) is 9.90 Å². The number of carbonyl (C=O) groups is 1. The predicted molar refractivity (Wildman–Crippen MR) is 85.2 cm³/mol. The van der Waals surface area contributed by atoms with Crippen LogP contribution < -0.4 is 5.32 Å². The molecule has 0 rings (SSSR count). The van der Waals surface area contributed by atoms with E-state index in [0.29, 0.717) is 12.5 Å². The molecular formula is C16H34N2O2. The maximum absolute atomic E-state index is 11.4. The standard InChI is InChI=1S/C16H34N2O2/c1-7-11-18(14(4)5)12-9-8-10-16(6,15(19)20)17-13(2)3/h13-14,17H,7-12H2,1-6H3,(H,19,20). The summed E-state index contributed by atoms with van der Waals surface area (Å²) >= 11 is 0. The van der Waals surface area contributed by atoms with E-state index in [1.807, 2.05) is 13.8 Å². The van der Waals surface area contributed by atoms with Gasteiger partial charge in [-0.3, -0.25) is 10.1 Å². The van der Waals surface area contributed by atoms with E-state index in [4.69, 9.17) is 0 Å². The van der Waals surface area contributed by atoms with Crippen molar-refractivity contribution >= 4 is 5.97 Å². The Hall–Kier alpha value is -0.610. The number of hydrogen-bond donors (Lipinski definition) is 2. The van der Waals surface area contributed by atoms with Crippen LogP contribution in [0.3, 0.4) is 0 Å². The topological polar surface area (TPSA) is 52.6 Å². The van der Waals surface area contributed by atoms with Crippen molar-refractivity contribution in [3.8, 4) is 0 Å². The number of carboxylic acid groups (broad SMARTS) is 1. The second kappa shape index (κ2) is 9.35. The van der Waals surface area contributed by atoms with E-state index in [2.05, 4.69) is 31.0 Å². The van der Waals surface area contributed by atoms with Crippen LogP contribution in [-0.2, 0) is 4.79 Å².